The maximum absolute atomic E-state index is 4.84. The maximum atomic E-state index is 4.84. The number of thiazole rings is 1. The summed E-state index contributed by atoms with van der Waals surface area (Å²) in [6.45, 7) is 14.6. The summed E-state index contributed by atoms with van der Waals surface area (Å²) >= 11 is 1.88. The zero-order valence-corrected chi connectivity index (χ0v) is 15.1. The van der Waals surface area contributed by atoms with Gasteiger partial charge in [-0.1, -0.05) is 33.6 Å². The first-order chi connectivity index (χ1) is 10.0. The summed E-state index contributed by atoms with van der Waals surface area (Å²) in [5.41, 5.74) is 1.79. The molecule has 1 N–H and O–H groups in total. The van der Waals surface area contributed by atoms with Gasteiger partial charge in [0.1, 0.15) is 0 Å². The second-order valence-corrected chi connectivity index (χ2v) is 7.43. The van der Waals surface area contributed by atoms with Crippen LogP contribution in [0.2, 0.25) is 0 Å². The van der Waals surface area contributed by atoms with E-state index in [1.54, 1.807) is 0 Å². The zero-order valence-electron chi connectivity index (χ0n) is 14.3. The normalized spacial score (nSPS) is 19.8. The Kier molecular flexibility index (Phi) is 5.67. The van der Waals surface area contributed by atoms with Crippen LogP contribution in [0.4, 0.5) is 5.13 Å². The number of rotatable bonds is 6. The molecule has 0 amide bonds. The van der Waals surface area contributed by atoms with E-state index < -0.39 is 0 Å². The fourth-order valence-electron chi connectivity index (χ4n) is 3.46. The van der Waals surface area contributed by atoms with Crippen molar-refractivity contribution in [3.8, 4) is 0 Å². The lowest BCUT2D eigenvalue weighted by molar-refractivity contribution is 0.199. The molecule has 1 aromatic heterocycles. The van der Waals surface area contributed by atoms with Crippen LogP contribution in [-0.2, 0) is 0 Å². The number of nitrogens with zero attached hydrogens (tertiary/aromatic N) is 2. The SMILES string of the molecule is CCNC(C)c1sc(N2CCC(CC)(CC)CC2)nc1C. The third kappa shape index (κ3) is 3.59. The van der Waals surface area contributed by atoms with Crippen LogP contribution in [0.15, 0.2) is 0 Å². The highest BCUT2D eigenvalue weighted by molar-refractivity contribution is 7.15. The molecule has 0 saturated carbocycles. The second kappa shape index (κ2) is 7.10. The topological polar surface area (TPSA) is 28.2 Å². The van der Waals surface area contributed by atoms with Gasteiger partial charge in [0, 0.05) is 24.0 Å². The highest BCUT2D eigenvalue weighted by Gasteiger charge is 2.32. The maximum Gasteiger partial charge on any atom is 0.185 e. The summed E-state index contributed by atoms with van der Waals surface area (Å²) in [6.07, 6.45) is 5.27. The quantitative estimate of drug-likeness (QED) is 0.837. The second-order valence-electron chi connectivity index (χ2n) is 6.42. The van der Waals surface area contributed by atoms with Crippen molar-refractivity contribution >= 4 is 16.5 Å². The Morgan fingerprint density at radius 2 is 1.86 bits per heavy atom. The fraction of sp³-hybridized carbons (Fsp3) is 0.824. The van der Waals surface area contributed by atoms with Gasteiger partial charge in [-0.2, -0.15) is 0 Å². The lowest BCUT2D eigenvalue weighted by Crippen LogP contribution is -2.39. The van der Waals surface area contributed by atoms with Crippen molar-refractivity contribution in [3.63, 3.8) is 0 Å². The fourth-order valence-corrected chi connectivity index (χ4v) is 4.60. The first-order valence-corrected chi connectivity index (χ1v) is 9.32. The Morgan fingerprint density at radius 1 is 1.24 bits per heavy atom. The third-order valence-corrected chi connectivity index (χ3v) is 6.72. The zero-order chi connectivity index (χ0) is 15.5. The molecule has 2 rings (SSSR count). The van der Waals surface area contributed by atoms with E-state index >= 15 is 0 Å². The van der Waals surface area contributed by atoms with Crippen molar-refractivity contribution in [1.29, 1.82) is 0 Å². The highest BCUT2D eigenvalue weighted by Crippen LogP contribution is 2.40. The van der Waals surface area contributed by atoms with Gasteiger partial charge in [0.05, 0.1) is 5.69 Å². The van der Waals surface area contributed by atoms with Gasteiger partial charge in [-0.15, -0.1) is 11.3 Å². The Bertz CT molecular complexity index is 441. The van der Waals surface area contributed by atoms with Crippen LogP contribution in [0, 0.1) is 12.3 Å². The van der Waals surface area contributed by atoms with Gasteiger partial charge in [-0.25, -0.2) is 4.98 Å². The van der Waals surface area contributed by atoms with E-state index in [2.05, 4.69) is 44.8 Å². The average molecular weight is 310 g/mol. The van der Waals surface area contributed by atoms with E-state index in [0.29, 0.717) is 11.5 Å². The van der Waals surface area contributed by atoms with E-state index in [-0.39, 0.29) is 0 Å². The number of aryl methyl sites for hydroxylation is 1. The van der Waals surface area contributed by atoms with Gasteiger partial charge < -0.3 is 10.2 Å². The van der Waals surface area contributed by atoms with Crippen LogP contribution in [0.25, 0.3) is 0 Å². The summed E-state index contributed by atoms with van der Waals surface area (Å²) in [5, 5.41) is 4.73. The van der Waals surface area contributed by atoms with Crippen molar-refractivity contribution < 1.29 is 0 Å². The van der Waals surface area contributed by atoms with Gasteiger partial charge in [0.25, 0.3) is 0 Å². The molecule has 4 heteroatoms. The molecule has 0 radical (unpaired) electrons. The van der Waals surface area contributed by atoms with Crippen LogP contribution in [0.3, 0.4) is 0 Å². The minimum Gasteiger partial charge on any atom is -0.348 e. The highest BCUT2D eigenvalue weighted by atomic mass is 32.1. The van der Waals surface area contributed by atoms with E-state index in [1.165, 1.54) is 54.5 Å². The summed E-state index contributed by atoms with van der Waals surface area (Å²) in [4.78, 5) is 8.74. The molecular weight excluding hydrogens is 278 g/mol. The Balaban J connectivity index is 2.06. The smallest absolute Gasteiger partial charge is 0.185 e. The van der Waals surface area contributed by atoms with Crippen LogP contribution in [0.1, 0.15) is 70.0 Å². The molecule has 120 valence electrons. The van der Waals surface area contributed by atoms with Crippen LogP contribution in [-0.4, -0.2) is 24.6 Å². The molecule has 0 aromatic carbocycles. The summed E-state index contributed by atoms with van der Waals surface area (Å²) in [7, 11) is 0. The summed E-state index contributed by atoms with van der Waals surface area (Å²) < 4.78 is 0. The minimum atomic E-state index is 0.413. The van der Waals surface area contributed by atoms with Crippen LogP contribution < -0.4 is 10.2 Å². The standard InChI is InChI=1S/C17H31N3S/c1-6-17(7-2)9-11-20(12-10-17)16-19-14(5)15(21-16)13(4)18-8-3/h13,18H,6-12H2,1-5H3. The third-order valence-electron chi connectivity index (χ3n) is 5.32. The van der Waals surface area contributed by atoms with E-state index in [1.807, 2.05) is 11.3 Å². The molecule has 0 aliphatic carbocycles. The molecule has 1 aliphatic rings. The molecule has 2 heterocycles. The Morgan fingerprint density at radius 3 is 2.38 bits per heavy atom. The van der Waals surface area contributed by atoms with Gasteiger partial charge in [-0.3, -0.25) is 0 Å². The Labute approximate surface area is 134 Å². The monoisotopic (exact) mass is 309 g/mol. The molecular formula is C17H31N3S. The van der Waals surface area contributed by atoms with Crippen molar-refractivity contribution in [2.45, 2.75) is 66.3 Å². The van der Waals surface area contributed by atoms with Gasteiger partial charge >= 0.3 is 0 Å². The molecule has 1 saturated heterocycles. The van der Waals surface area contributed by atoms with E-state index in [0.717, 1.165) is 6.54 Å². The van der Waals surface area contributed by atoms with Gasteiger partial charge in [0.2, 0.25) is 0 Å². The number of piperidine rings is 1. The van der Waals surface area contributed by atoms with Crippen LogP contribution >= 0.6 is 11.3 Å². The van der Waals surface area contributed by atoms with E-state index in [9.17, 15) is 0 Å². The van der Waals surface area contributed by atoms with Gasteiger partial charge in [-0.05, 0) is 38.6 Å². The first-order valence-electron chi connectivity index (χ1n) is 8.51. The lowest BCUT2D eigenvalue weighted by Gasteiger charge is -2.41. The van der Waals surface area contributed by atoms with E-state index in [4.69, 9.17) is 4.98 Å². The van der Waals surface area contributed by atoms with Crippen molar-refractivity contribution in [1.82, 2.24) is 10.3 Å². The first kappa shape index (κ1) is 16.8. The lowest BCUT2D eigenvalue weighted by atomic mass is 9.74. The summed E-state index contributed by atoms with van der Waals surface area (Å²) in [6, 6.07) is 0.413. The molecule has 21 heavy (non-hydrogen) atoms. The van der Waals surface area contributed by atoms with Gasteiger partial charge in [0.15, 0.2) is 5.13 Å². The Hall–Kier alpha value is -0.610. The molecule has 0 spiro atoms. The molecule has 1 aromatic rings. The molecule has 1 unspecified atom stereocenters. The predicted octanol–water partition coefficient (Wildman–Crippen LogP) is 4.53. The molecule has 1 aliphatic heterocycles. The molecule has 1 atom stereocenters. The molecule has 3 nitrogen and oxygen atoms in total. The number of hydrogen-bond acceptors (Lipinski definition) is 4. The van der Waals surface area contributed by atoms with Crippen molar-refractivity contribution in [2.75, 3.05) is 24.5 Å². The number of aromatic nitrogens is 1. The summed E-state index contributed by atoms with van der Waals surface area (Å²) in [5.74, 6) is 0. The van der Waals surface area contributed by atoms with Crippen molar-refractivity contribution in [2.24, 2.45) is 5.41 Å². The average Bonchev–Trinajstić information content (AvgIpc) is 2.89. The predicted molar refractivity (Wildman–Crippen MR) is 93.4 cm³/mol. The number of anilines is 1. The molecule has 1 fully saturated rings. The largest absolute Gasteiger partial charge is 0.348 e. The van der Waals surface area contributed by atoms with Crippen LogP contribution in [0.5, 0.6) is 0 Å². The van der Waals surface area contributed by atoms with Crippen molar-refractivity contribution in [3.05, 3.63) is 10.6 Å². The number of nitrogens with one attached hydrogen (secondary N) is 1. The minimum absolute atomic E-state index is 0.413. The number of hydrogen-bond donors (Lipinski definition) is 1. The molecule has 0 bridgehead atoms.